The van der Waals surface area contributed by atoms with Gasteiger partial charge in [0.1, 0.15) is 11.5 Å². The van der Waals surface area contributed by atoms with E-state index in [1.54, 1.807) is 42.7 Å². The molecule has 1 amide bonds. The molecule has 0 aliphatic carbocycles. The number of aliphatic hydroxyl groups excluding tert-OH is 1. The van der Waals surface area contributed by atoms with Crippen molar-refractivity contribution in [1.29, 1.82) is 0 Å². The van der Waals surface area contributed by atoms with Crippen molar-refractivity contribution >= 4 is 17.4 Å². The number of benzene rings is 1. The molecule has 1 aliphatic rings. The van der Waals surface area contributed by atoms with Gasteiger partial charge in [0, 0.05) is 24.5 Å². The highest BCUT2D eigenvalue weighted by atomic mass is 16.5. The quantitative estimate of drug-likeness (QED) is 0.421. The van der Waals surface area contributed by atoms with Crippen LogP contribution in [0.1, 0.15) is 49.9 Å². The van der Waals surface area contributed by atoms with Crippen LogP contribution >= 0.6 is 0 Å². The molecule has 0 spiro atoms. The summed E-state index contributed by atoms with van der Waals surface area (Å²) in [5.41, 5.74) is 2.18. The Hall–Kier alpha value is -3.15. The molecule has 6 nitrogen and oxygen atoms in total. The summed E-state index contributed by atoms with van der Waals surface area (Å²) in [4.78, 5) is 31.1. The highest BCUT2D eigenvalue weighted by Crippen LogP contribution is 2.39. The van der Waals surface area contributed by atoms with Crippen LogP contribution in [0.15, 0.2) is 48.3 Å². The monoisotopic (exact) mass is 408 g/mol. The first-order valence-electron chi connectivity index (χ1n) is 10.3. The predicted molar refractivity (Wildman–Crippen MR) is 115 cm³/mol. The number of aromatic nitrogens is 1. The van der Waals surface area contributed by atoms with E-state index in [0.29, 0.717) is 31.1 Å². The lowest BCUT2D eigenvalue weighted by molar-refractivity contribution is -0.139. The van der Waals surface area contributed by atoms with Crippen LogP contribution < -0.4 is 4.74 Å². The molecule has 3 rings (SSSR count). The maximum Gasteiger partial charge on any atom is 0.295 e. The maximum atomic E-state index is 12.9. The van der Waals surface area contributed by atoms with E-state index in [9.17, 15) is 14.7 Å². The smallest absolute Gasteiger partial charge is 0.295 e. The van der Waals surface area contributed by atoms with Crippen molar-refractivity contribution in [3.63, 3.8) is 0 Å². The van der Waals surface area contributed by atoms with Crippen LogP contribution in [-0.2, 0) is 9.59 Å². The van der Waals surface area contributed by atoms with E-state index in [-0.39, 0.29) is 11.3 Å². The molecule has 2 heterocycles. The third-order valence-corrected chi connectivity index (χ3v) is 5.05. The Morgan fingerprint density at radius 3 is 2.50 bits per heavy atom. The van der Waals surface area contributed by atoms with E-state index in [4.69, 9.17) is 4.74 Å². The van der Waals surface area contributed by atoms with Crippen LogP contribution in [0.3, 0.4) is 0 Å². The number of rotatable bonds is 7. The minimum atomic E-state index is -0.666. The van der Waals surface area contributed by atoms with E-state index in [2.05, 4.69) is 18.8 Å². The fourth-order valence-electron chi connectivity index (χ4n) is 3.61. The number of aryl methyl sites for hydroxylation is 1. The minimum Gasteiger partial charge on any atom is -0.507 e. The molecule has 0 saturated carbocycles. The van der Waals surface area contributed by atoms with Gasteiger partial charge in [0.25, 0.3) is 11.7 Å². The number of carbonyl (C=O) groups excluding carboxylic acids is 2. The second-order valence-corrected chi connectivity index (χ2v) is 7.96. The molecule has 1 saturated heterocycles. The Morgan fingerprint density at radius 2 is 1.90 bits per heavy atom. The zero-order chi connectivity index (χ0) is 21.8. The number of ether oxygens (including phenoxy) is 1. The lowest BCUT2D eigenvalue weighted by Gasteiger charge is -2.24. The second kappa shape index (κ2) is 9.11. The highest BCUT2D eigenvalue weighted by Gasteiger charge is 2.45. The average Bonchev–Trinajstić information content (AvgIpc) is 2.98. The Morgan fingerprint density at radius 1 is 1.20 bits per heavy atom. The highest BCUT2D eigenvalue weighted by molar-refractivity contribution is 6.46. The van der Waals surface area contributed by atoms with Gasteiger partial charge >= 0.3 is 0 Å². The van der Waals surface area contributed by atoms with Gasteiger partial charge in [-0.1, -0.05) is 20.8 Å². The number of amides is 1. The zero-order valence-corrected chi connectivity index (χ0v) is 17.9. The Labute approximate surface area is 177 Å². The molecule has 6 heteroatoms. The summed E-state index contributed by atoms with van der Waals surface area (Å²) >= 11 is 0. The van der Waals surface area contributed by atoms with Crippen molar-refractivity contribution in [3.05, 3.63) is 65.0 Å². The van der Waals surface area contributed by atoms with Crippen LogP contribution in [0, 0.1) is 12.8 Å². The standard InChI is InChI=1S/C24H28N2O4/c1-5-12-26-21(17-8-10-25-11-9-17)20(23(28)24(26)29)22(27)18-6-7-19(16(4)13-18)30-14-15(2)3/h6-11,13,15,21,27H,5,12,14H2,1-4H3/b22-20-. The summed E-state index contributed by atoms with van der Waals surface area (Å²) in [5, 5.41) is 11.1. The first-order chi connectivity index (χ1) is 14.3. The van der Waals surface area contributed by atoms with Crippen molar-refractivity contribution < 1.29 is 19.4 Å². The van der Waals surface area contributed by atoms with Gasteiger partial charge in [0.15, 0.2) is 0 Å². The number of ketones is 1. The topological polar surface area (TPSA) is 79.7 Å². The van der Waals surface area contributed by atoms with Gasteiger partial charge in [-0.2, -0.15) is 0 Å². The molecule has 1 unspecified atom stereocenters. The average molecular weight is 408 g/mol. The summed E-state index contributed by atoms with van der Waals surface area (Å²) in [5.74, 6) is -0.300. The van der Waals surface area contributed by atoms with Gasteiger partial charge in [-0.15, -0.1) is 0 Å². The Bertz CT molecular complexity index is 966. The van der Waals surface area contributed by atoms with E-state index in [1.165, 1.54) is 4.90 Å². The number of nitrogens with zero attached hydrogens (tertiary/aromatic N) is 2. The van der Waals surface area contributed by atoms with Crippen LogP contribution in [0.4, 0.5) is 0 Å². The molecule has 1 aromatic heterocycles. The fourth-order valence-corrected chi connectivity index (χ4v) is 3.61. The Balaban J connectivity index is 2.06. The van der Waals surface area contributed by atoms with E-state index >= 15 is 0 Å². The first-order valence-corrected chi connectivity index (χ1v) is 10.3. The van der Waals surface area contributed by atoms with E-state index in [0.717, 1.165) is 16.9 Å². The summed E-state index contributed by atoms with van der Waals surface area (Å²) in [6, 6.07) is 8.18. The lowest BCUT2D eigenvalue weighted by Crippen LogP contribution is -2.30. The van der Waals surface area contributed by atoms with Gasteiger partial charge < -0.3 is 14.7 Å². The molecule has 1 aliphatic heterocycles. The van der Waals surface area contributed by atoms with Crippen molar-refractivity contribution in [2.24, 2.45) is 5.92 Å². The first kappa shape index (κ1) is 21.6. The van der Waals surface area contributed by atoms with Gasteiger partial charge in [0.05, 0.1) is 18.2 Å². The van der Waals surface area contributed by atoms with Crippen LogP contribution in [0.5, 0.6) is 5.75 Å². The number of hydrogen-bond acceptors (Lipinski definition) is 5. The molecular formula is C24H28N2O4. The van der Waals surface area contributed by atoms with Gasteiger partial charge in [0.2, 0.25) is 0 Å². The third-order valence-electron chi connectivity index (χ3n) is 5.05. The van der Waals surface area contributed by atoms with Gasteiger partial charge in [-0.05, 0) is 60.7 Å². The zero-order valence-electron chi connectivity index (χ0n) is 17.9. The number of Topliss-reactive ketones (excluding diaryl/α,β-unsaturated/α-hetero) is 1. The van der Waals surface area contributed by atoms with Crippen molar-refractivity contribution in [1.82, 2.24) is 9.88 Å². The molecule has 1 atom stereocenters. The number of likely N-dealkylation sites (tertiary alicyclic amines) is 1. The molecular weight excluding hydrogens is 380 g/mol. The van der Waals surface area contributed by atoms with Gasteiger partial charge in [-0.25, -0.2) is 0 Å². The third kappa shape index (κ3) is 4.22. The van der Waals surface area contributed by atoms with Crippen LogP contribution in [0.25, 0.3) is 5.76 Å². The molecule has 1 aromatic carbocycles. The molecule has 1 N–H and O–H groups in total. The fraction of sp³-hybridized carbons (Fsp3) is 0.375. The van der Waals surface area contributed by atoms with Crippen LogP contribution in [0.2, 0.25) is 0 Å². The van der Waals surface area contributed by atoms with Crippen molar-refractivity contribution in [3.8, 4) is 5.75 Å². The lowest BCUT2D eigenvalue weighted by atomic mass is 9.95. The molecule has 2 aromatic rings. The van der Waals surface area contributed by atoms with E-state index < -0.39 is 17.7 Å². The largest absolute Gasteiger partial charge is 0.507 e. The summed E-state index contributed by atoms with van der Waals surface area (Å²) in [6.45, 7) is 9.00. The minimum absolute atomic E-state index is 0.106. The second-order valence-electron chi connectivity index (χ2n) is 7.96. The summed E-state index contributed by atoms with van der Waals surface area (Å²) < 4.78 is 5.80. The summed E-state index contributed by atoms with van der Waals surface area (Å²) in [6.07, 6.45) is 3.94. The molecule has 0 radical (unpaired) electrons. The molecule has 1 fully saturated rings. The Kier molecular flexibility index (Phi) is 6.55. The number of aliphatic hydroxyl groups is 1. The predicted octanol–water partition coefficient (Wildman–Crippen LogP) is 4.26. The van der Waals surface area contributed by atoms with Crippen molar-refractivity contribution in [2.45, 2.75) is 40.2 Å². The molecule has 30 heavy (non-hydrogen) atoms. The maximum absolute atomic E-state index is 12.9. The van der Waals surface area contributed by atoms with Gasteiger partial charge in [-0.3, -0.25) is 14.6 Å². The number of hydrogen-bond donors (Lipinski definition) is 1. The summed E-state index contributed by atoms with van der Waals surface area (Å²) in [7, 11) is 0. The number of carbonyl (C=O) groups is 2. The van der Waals surface area contributed by atoms with Crippen LogP contribution in [-0.4, -0.2) is 39.8 Å². The SMILES string of the molecule is CCCN1C(=O)C(=O)/C(=C(\O)c2ccc(OCC(C)C)c(C)c2)C1c1ccncc1. The van der Waals surface area contributed by atoms with E-state index in [1.807, 2.05) is 13.8 Å². The van der Waals surface area contributed by atoms with Crippen molar-refractivity contribution in [2.75, 3.05) is 13.2 Å². The molecule has 158 valence electrons. The normalized spacial score (nSPS) is 18.3. The number of pyridine rings is 1. The molecule has 0 bridgehead atoms.